The fraction of sp³-hybridized carbons (Fsp3) is 0.375. The van der Waals surface area contributed by atoms with Gasteiger partial charge in [0.25, 0.3) is 0 Å². The standard InChI is InChI=1S/C24H24ClF6N5O4S/c1-2-41(39,40)32-13-19(17-5-3-4-6-18(17)24(29,30)31)33-20(37)14-36-22(38)35(12-11-23(26,27)28)21(34-36)15-7-9-16(25)10-8-15/h3-10,19,32H,2,11-14H2,1H3,(H,33,37). The van der Waals surface area contributed by atoms with Crippen molar-refractivity contribution in [2.45, 2.75) is 44.8 Å². The van der Waals surface area contributed by atoms with Gasteiger partial charge in [-0.2, -0.15) is 26.3 Å². The number of rotatable bonds is 11. The van der Waals surface area contributed by atoms with Gasteiger partial charge in [-0.25, -0.2) is 22.6 Å². The number of aromatic nitrogens is 3. The lowest BCUT2D eigenvalue weighted by atomic mass is 10.00. The van der Waals surface area contributed by atoms with Crippen LogP contribution in [0.1, 0.15) is 30.5 Å². The molecule has 0 saturated carbocycles. The number of hydrogen-bond acceptors (Lipinski definition) is 5. The fourth-order valence-electron chi connectivity index (χ4n) is 3.78. The van der Waals surface area contributed by atoms with E-state index in [0.29, 0.717) is 9.70 Å². The van der Waals surface area contributed by atoms with Crippen molar-refractivity contribution in [3.8, 4) is 11.4 Å². The number of benzene rings is 2. The molecule has 3 rings (SSSR count). The zero-order chi connectivity index (χ0) is 30.6. The molecule has 0 radical (unpaired) electrons. The largest absolute Gasteiger partial charge is 0.416 e. The van der Waals surface area contributed by atoms with Crippen molar-refractivity contribution in [1.82, 2.24) is 24.4 Å². The number of nitrogens with one attached hydrogen (secondary N) is 2. The lowest BCUT2D eigenvalue weighted by molar-refractivity contribution is -0.139. The Morgan fingerprint density at radius 1 is 1.05 bits per heavy atom. The second-order valence-corrected chi connectivity index (χ2v) is 11.3. The molecular formula is C24H24ClF6N5O4S. The quantitative estimate of drug-likeness (QED) is 0.310. The normalized spacial score (nSPS) is 13.3. The van der Waals surface area contributed by atoms with Gasteiger partial charge in [0.2, 0.25) is 15.9 Å². The maximum atomic E-state index is 13.7. The molecular weight excluding hydrogens is 604 g/mol. The van der Waals surface area contributed by atoms with E-state index in [-0.39, 0.29) is 17.1 Å². The van der Waals surface area contributed by atoms with Crippen molar-refractivity contribution in [2.24, 2.45) is 0 Å². The molecule has 0 fully saturated rings. The van der Waals surface area contributed by atoms with Gasteiger partial charge in [0.15, 0.2) is 5.82 Å². The number of carbonyl (C=O) groups is 1. The van der Waals surface area contributed by atoms with Gasteiger partial charge in [-0.3, -0.25) is 9.36 Å². The van der Waals surface area contributed by atoms with E-state index in [4.69, 9.17) is 11.6 Å². The van der Waals surface area contributed by atoms with Gasteiger partial charge in [0.05, 0.1) is 23.8 Å². The van der Waals surface area contributed by atoms with Crippen LogP contribution in [0.3, 0.4) is 0 Å². The number of hydrogen-bond donors (Lipinski definition) is 2. The summed E-state index contributed by atoms with van der Waals surface area (Å²) < 4.78 is 107. The second-order valence-electron chi connectivity index (χ2n) is 8.74. The van der Waals surface area contributed by atoms with E-state index < -0.39 is 77.2 Å². The summed E-state index contributed by atoms with van der Waals surface area (Å²) >= 11 is 5.86. The van der Waals surface area contributed by atoms with Crippen molar-refractivity contribution >= 4 is 27.5 Å². The average molecular weight is 628 g/mol. The summed E-state index contributed by atoms with van der Waals surface area (Å²) in [6, 6.07) is 8.32. The molecule has 1 heterocycles. The number of sulfonamides is 1. The maximum Gasteiger partial charge on any atom is 0.416 e. The Morgan fingerprint density at radius 2 is 1.68 bits per heavy atom. The topological polar surface area (TPSA) is 115 Å². The molecule has 0 bridgehead atoms. The van der Waals surface area contributed by atoms with Crippen LogP contribution < -0.4 is 15.7 Å². The highest BCUT2D eigenvalue weighted by Crippen LogP contribution is 2.34. The molecule has 1 aromatic heterocycles. The van der Waals surface area contributed by atoms with Crippen LogP contribution in [-0.2, 0) is 34.1 Å². The summed E-state index contributed by atoms with van der Waals surface area (Å²) in [6.45, 7) is -1.05. The minimum Gasteiger partial charge on any atom is -0.346 e. The Morgan fingerprint density at radius 3 is 2.27 bits per heavy atom. The molecule has 3 aromatic rings. The van der Waals surface area contributed by atoms with Crippen LogP contribution in [0.15, 0.2) is 53.3 Å². The van der Waals surface area contributed by atoms with Crippen LogP contribution >= 0.6 is 11.6 Å². The molecule has 0 aliphatic heterocycles. The minimum absolute atomic E-state index is 0.196. The molecule has 0 spiro atoms. The number of alkyl halides is 6. The first-order chi connectivity index (χ1) is 19.0. The van der Waals surface area contributed by atoms with Crippen molar-refractivity contribution < 1.29 is 39.6 Å². The smallest absolute Gasteiger partial charge is 0.346 e. The van der Waals surface area contributed by atoms with Gasteiger partial charge in [-0.1, -0.05) is 29.8 Å². The number of halogens is 7. The third kappa shape index (κ3) is 8.81. The van der Waals surface area contributed by atoms with Gasteiger partial charge >= 0.3 is 18.0 Å². The highest BCUT2D eigenvalue weighted by molar-refractivity contribution is 7.89. The molecule has 2 aromatic carbocycles. The van der Waals surface area contributed by atoms with E-state index in [9.17, 15) is 44.3 Å². The molecule has 17 heteroatoms. The average Bonchev–Trinajstić information content (AvgIpc) is 3.19. The summed E-state index contributed by atoms with van der Waals surface area (Å²) in [5.74, 6) is -1.63. The Kier molecular flexibility index (Phi) is 9.92. The Balaban J connectivity index is 1.96. The fourth-order valence-corrected chi connectivity index (χ4v) is 4.53. The van der Waals surface area contributed by atoms with Crippen LogP contribution in [0.5, 0.6) is 0 Å². The van der Waals surface area contributed by atoms with Crippen LogP contribution in [0.2, 0.25) is 5.02 Å². The van der Waals surface area contributed by atoms with Gasteiger partial charge in [-0.15, -0.1) is 5.10 Å². The zero-order valence-electron chi connectivity index (χ0n) is 21.3. The predicted molar refractivity (Wildman–Crippen MR) is 137 cm³/mol. The van der Waals surface area contributed by atoms with E-state index in [1.807, 2.05) is 0 Å². The highest BCUT2D eigenvalue weighted by atomic mass is 35.5. The lowest BCUT2D eigenvalue weighted by Gasteiger charge is -2.23. The number of nitrogens with zero attached hydrogens (tertiary/aromatic N) is 3. The molecule has 0 aliphatic rings. The monoisotopic (exact) mass is 627 g/mol. The van der Waals surface area contributed by atoms with Crippen molar-refractivity contribution in [2.75, 3.05) is 12.3 Å². The highest BCUT2D eigenvalue weighted by Gasteiger charge is 2.36. The molecule has 2 N–H and O–H groups in total. The molecule has 224 valence electrons. The van der Waals surface area contributed by atoms with Crippen LogP contribution in [0, 0.1) is 0 Å². The molecule has 9 nitrogen and oxygen atoms in total. The lowest BCUT2D eigenvalue weighted by Crippen LogP contribution is -2.41. The minimum atomic E-state index is -4.84. The van der Waals surface area contributed by atoms with Crippen LogP contribution in [-0.4, -0.2) is 47.1 Å². The van der Waals surface area contributed by atoms with Gasteiger partial charge in [0, 0.05) is 23.7 Å². The Bertz CT molecular complexity index is 1540. The summed E-state index contributed by atoms with van der Waals surface area (Å²) in [7, 11) is -3.88. The third-order valence-corrected chi connectivity index (χ3v) is 7.42. The van der Waals surface area contributed by atoms with Crippen molar-refractivity contribution in [3.63, 3.8) is 0 Å². The van der Waals surface area contributed by atoms with E-state index >= 15 is 0 Å². The van der Waals surface area contributed by atoms with E-state index in [2.05, 4.69) is 15.1 Å². The maximum absolute atomic E-state index is 13.7. The molecule has 1 amide bonds. The molecule has 0 aliphatic carbocycles. The van der Waals surface area contributed by atoms with E-state index in [0.717, 1.165) is 22.8 Å². The van der Waals surface area contributed by atoms with E-state index in [1.54, 1.807) is 0 Å². The van der Waals surface area contributed by atoms with E-state index in [1.165, 1.54) is 37.3 Å². The predicted octanol–water partition coefficient (Wildman–Crippen LogP) is 4.13. The zero-order valence-corrected chi connectivity index (χ0v) is 22.8. The Hall–Kier alpha value is -3.37. The third-order valence-electron chi connectivity index (χ3n) is 5.80. The van der Waals surface area contributed by atoms with Crippen molar-refractivity contribution in [1.29, 1.82) is 0 Å². The number of amides is 1. The summed E-state index contributed by atoms with van der Waals surface area (Å²) in [5.41, 5.74) is -2.43. The summed E-state index contributed by atoms with van der Waals surface area (Å²) in [5, 5.41) is 6.57. The first-order valence-electron chi connectivity index (χ1n) is 11.9. The number of carbonyl (C=O) groups excluding carboxylic acids is 1. The Labute approximate surface area is 235 Å². The van der Waals surface area contributed by atoms with Crippen LogP contribution in [0.25, 0.3) is 11.4 Å². The van der Waals surface area contributed by atoms with Gasteiger partial charge < -0.3 is 5.32 Å². The first kappa shape index (κ1) is 32.1. The second kappa shape index (κ2) is 12.7. The molecule has 41 heavy (non-hydrogen) atoms. The first-order valence-corrected chi connectivity index (χ1v) is 14.0. The SMILES string of the molecule is CCS(=O)(=O)NCC(NC(=O)Cn1nc(-c2ccc(Cl)cc2)n(CCC(F)(F)F)c1=O)c1ccccc1C(F)(F)F. The molecule has 1 unspecified atom stereocenters. The van der Waals surface area contributed by atoms with Crippen molar-refractivity contribution in [3.05, 3.63) is 75.2 Å². The summed E-state index contributed by atoms with van der Waals surface area (Å²) in [4.78, 5) is 25.9. The summed E-state index contributed by atoms with van der Waals surface area (Å²) in [6.07, 6.45) is -10.8. The van der Waals surface area contributed by atoms with Gasteiger partial charge in [0.1, 0.15) is 6.54 Å². The molecule has 1 atom stereocenters. The van der Waals surface area contributed by atoms with Gasteiger partial charge in [-0.05, 0) is 42.8 Å². The molecule has 0 saturated heterocycles. The van der Waals surface area contributed by atoms with Crippen LogP contribution in [0.4, 0.5) is 26.3 Å².